The minimum absolute atomic E-state index is 0.0596. The van der Waals surface area contributed by atoms with Gasteiger partial charge >= 0.3 is 5.82 Å². The molecule has 9 nitrogen and oxygen atoms in total. The van der Waals surface area contributed by atoms with E-state index in [4.69, 9.17) is 4.74 Å². The van der Waals surface area contributed by atoms with E-state index in [1.54, 1.807) is 19.9 Å². The Morgan fingerprint density at radius 3 is 2.72 bits per heavy atom. The van der Waals surface area contributed by atoms with Crippen LogP contribution in [0.2, 0.25) is 0 Å². The van der Waals surface area contributed by atoms with Crippen molar-refractivity contribution in [2.24, 2.45) is 0 Å². The van der Waals surface area contributed by atoms with Gasteiger partial charge in [0.1, 0.15) is 5.69 Å². The molecule has 1 aromatic rings. The van der Waals surface area contributed by atoms with Crippen LogP contribution < -0.4 is 4.74 Å². The van der Waals surface area contributed by atoms with Gasteiger partial charge in [-0.05, 0) is 42.3 Å². The lowest BCUT2D eigenvalue weighted by molar-refractivity contribution is -0.390. The minimum Gasteiger partial charge on any atom is -0.473 e. The van der Waals surface area contributed by atoms with Crippen LogP contribution in [0.15, 0.2) is 12.1 Å². The molecule has 2 heterocycles. The average molecular weight is 371 g/mol. The molecule has 0 unspecified atom stereocenters. The first-order valence-electron chi connectivity index (χ1n) is 7.94. The molecule has 1 aliphatic rings. The molecule has 10 heteroatoms. The number of hydrogen-bond acceptors (Lipinski definition) is 7. The normalized spacial score (nSPS) is 20.0. The maximum Gasteiger partial charge on any atom is 0.406 e. The van der Waals surface area contributed by atoms with Crippen LogP contribution in [0.3, 0.4) is 0 Å². The van der Waals surface area contributed by atoms with Crippen molar-refractivity contribution in [3.63, 3.8) is 0 Å². The van der Waals surface area contributed by atoms with Crippen molar-refractivity contribution < 1.29 is 22.9 Å². The molecule has 1 aliphatic heterocycles. The zero-order chi connectivity index (χ0) is 18.8. The number of likely N-dealkylation sites (N-methyl/N-ethyl adjacent to an activating group) is 1. The van der Waals surface area contributed by atoms with E-state index < -0.39 is 32.6 Å². The SMILES string of the molecule is CCN(C(=O)[C@H](C)Oc1ccc(C)nc1[N+](=O)[O-])[C@H]1CCS(=O)(=O)C1. The summed E-state index contributed by atoms with van der Waals surface area (Å²) in [6, 6.07) is 2.57. The van der Waals surface area contributed by atoms with Crippen molar-refractivity contribution in [1.82, 2.24) is 9.88 Å². The van der Waals surface area contributed by atoms with Gasteiger partial charge in [-0.15, -0.1) is 0 Å². The number of sulfone groups is 1. The number of pyridine rings is 1. The Kier molecular flexibility index (Phi) is 5.61. The lowest BCUT2D eigenvalue weighted by Crippen LogP contribution is -2.47. The summed E-state index contributed by atoms with van der Waals surface area (Å²) < 4.78 is 28.8. The molecular formula is C15H21N3O6S. The summed E-state index contributed by atoms with van der Waals surface area (Å²) in [4.78, 5) is 28.4. The minimum atomic E-state index is -3.13. The highest BCUT2D eigenvalue weighted by atomic mass is 32.2. The van der Waals surface area contributed by atoms with E-state index in [1.807, 2.05) is 0 Å². The second-order valence-electron chi connectivity index (χ2n) is 5.97. The van der Waals surface area contributed by atoms with Crippen molar-refractivity contribution in [2.45, 2.75) is 39.3 Å². The van der Waals surface area contributed by atoms with Gasteiger partial charge in [-0.3, -0.25) is 4.79 Å². The van der Waals surface area contributed by atoms with E-state index in [1.165, 1.54) is 17.9 Å². The summed E-state index contributed by atoms with van der Waals surface area (Å²) in [7, 11) is -3.13. The number of hydrogen-bond donors (Lipinski definition) is 0. The predicted molar refractivity (Wildman–Crippen MR) is 90.2 cm³/mol. The van der Waals surface area contributed by atoms with Crippen LogP contribution in [-0.2, 0) is 14.6 Å². The molecule has 0 spiro atoms. The van der Waals surface area contributed by atoms with E-state index in [2.05, 4.69) is 4.98 Å². The molecule has 25 heavy (non-hydrogen) atoms. The van der Waals surface area contributed by atoms with Crippen LogP contribution in [-0.4, -0.2) is 59.3 Å². The van der Waals surface area contributed by atoms with Crippen LogP contribution in [0.5, 0.6) is 5.75 Å². The monoisotopic (exact) mass is 371 g/mol. The Hall–Kier alpha value is -2.23. The Balaban J connectivity index is 2.16. The topological polar surface area (TPSA) is 120 Å². The van der Waals surface area contributed by atoms with E-state index in [9.17, 15) is 23.3 Å². The first kappa shape index (κ1) is 19.1. The molecule has 0 saturated carbocycles. The Morgan fingerprint density at radius 1 is 1.52 bits per heavy atom. The molecule has 138 valence electrons. The summed E-state index contributed by atoms with van der Waals surface area (Å²) in [6.45, 7) is 5.19. The van der Waals surface area contributed by atoms with Crippen molar-refractivity contribution in [2.75, 3.05) is 18.1 Å². The molecule has 0 aliphatic carbocycles. The number of nitrogens with zero attached hydrogens (tertiary/aromatic N) is 3. The number of carbonyl (C=O) groups excluding carboxylic acids is 1. The van der Waals surface area contributed by atoms with E-state index >= 15 is 0 Å². The number of nitro groups is 1. The second kappa shape index (κ2) is 7.34. The summed E-state index contributed by atoms with van der Waals surface area (Å²) in [6.07, 6.45) is -0.604. The molecule has 0 N–H and O–H groups in total. The summed E-state index contributed by atoms with van der Waals surface area (Å²) >= 11 is 0. The molecule has 1 fully saturated rings. The highest BCUT2D eigenvalue weighted by molar-refractivity contribution is 7.91. The molecular weight excluding hydrogens is 350 g/mol. The van der Waals surface area contributed by atoms with Gasteiger partial charge in [0.05, 0.1) is 11.5 Å². The van der Waals surface area contributed by atoms with Gasteiger partial charge in [0.15, 0.2) is 15.9 Å². The van der Waals surface area contributed by atoms with Gasteiger partial charge in [0, 0.05) is 19.5 Å². The first-order valence-corrected chi connectivity index (χ1v) is 9.76. The maximum absolute atomic E-state index is 12.6. The van der Waals surface area contributed by atoms with Crippen molar-refractivity contribution in [3.05, 3.63) is 27.9 Å². The quantitative estimate of drug-likeness (QED) is 0.542. The number of ether oxygens (including phenoxy) is 1. The Labute approximate surface area is 146 Å². The van der Waals surface area contributed by atoms with Gasteiger partial charge in [0.2, 0.25) is 5.75 Å². The van der Waals surface area contributed by atoms with Gasteiger partial charge in [-0.25, -0.2) is 8.42 Å². The summed E-state index contributed by atoms with van der Waals surface area (Å²) in [5.74, 6) is -0.951. The van der Waals surface area contributed by atoms with Crippen LogP contribution in [0.4, 0.5) is 5.82 Å². The number of rotatable bonds is 6. The van der Waals surface area contributed by atoms with Crippen molar-refractivity contribution >= 4 is 21.6 Å². The zero-order valence-corrected chi connectivity index (χ0v) is 15.2. The van der Waals surface area contributed by atoms with Crippen LogP contribution in [0.25, 0.3) is 0 Å². The molecule has 0 bridgehead atoms. The van der Waals surface area contributed by atoms with E-state index in [0.717, 1.165) is 0 Å². The number of aromatic nitrogens is 1. The highest BCUT2D eigenvalue weighted by Gasteiger charge is 2.36. The molecule has 2 rings (SSSR count). The van der Waals surface area contributed by atoms with Crippen LogP contribution >= 0.6 is 0 Å². The summed E-state index contributed by atoms with van der Waals surface area (Å²) in [5.41, 5.74) is 0.462. The van der Waals surface area contributed by atoms with Gasteiger partial charge in [0.25, 0.3) is 5.91 Å². The third-order valence-corrected chi connectivity index (χ3v) is 5.83. The average Bonchev–Trinajstić information content (AvgIpc) is 2.89. The summed E-state index contributed by atoms with van der Waals surface area (Å²) in [5, 5.41) is 11.1. The third-order valence-electron chi connectivity index (χ3n) is 4.08. The molecule has 1 aromatic heterocycles. The number of carbonyl (C=O) groups is 1. The Bertz CT molecular complexity index is 779. The maximum atomic E-state index is 12.6. The number of aryl methyl sites for hydroxylation is 1. The fourth-order valence-electron chi connectivity index (χ4n) is 2.84. The molecule has 0 radical (unpaired) electrons. The molecule has 2 atom stereocenters. The lowest BCUT2D eigenvalue weighted by atomic mass is 10.2. The van der Waals surface area contributed by atoms with Crippen LogP contribution in [0.1, 0.15) is 26.0 Å². The van der Waals surface area contributed by atoms with Crippen molar-refractivity contribution in [3.8, 4) is 5.75 Å². The van der Waals surface area contributed by atoms with E-state index in [-0.39, 0.29) is 23.3 Å². The standard InChI is InChI=1S/C15H21N3O6S/c1-4-17(12-7-8-25(22,23)9-12)15(19)11(3)24-13-6-5-10(2)16-14(13)18(20)21/h5-6,11-12H,4,7-9H2,1-3H3/t11-,12-/m0/s1. The first-order chi connectivity index (χ1) is 11.6. The fraction of sp³-hybridized carbons (Fsp3) is 0.600. The van der Waals surface area contributed by atoms with E-state index in [0.29, 0.717) is 18.7 Å². The zero-order valence-electron chi connectivity index (χ0n) is 14.3. The third kappa shape index (κ3) is 4.44. The predicted octanol–water partition coefficient (Wildman–Crippen LogP) is 1.10. The molecule has 1 saturated heterocycles. The van der Waals surface area contributed by atoms with Crippen LogP contribution in [0, 0.1) is 17.0 Å². The highest BCUT2D eigenvalue weighted by Crippen LogP contribution is 2.26. The Morgan fingerprint density at radius 2 is 2.20 bits per heavy atom. The molecule has 1 amide bonds. The van der Waals surface area contributed by atoms with Gasteiger partial charge in [-0.2, -0.15) is 0 Å². The fourth-order valence-corrected chi connectivity index (χ4v) is 4.57. The van der Waals surface area contributed by atoms with Gasteiger partial charge < -0.3 is 19.8 Å². The van der Waals surface area contributed by atoms with Crippen molar-refractivity contribution in [1.29, 1.82) is 0 Å². The smallest absolute Gasteiger partial charge is 0.406 e. The number of amides is 1. The lowest BCUT2D eigenvalue weighted by Gasteiger charge is -2.29. The second-order valence-corrected chi connectivity index (χ2v) is 8.20. The van der Waals surface area contributed by atoms with Gasteiger partial charge in [-0.1, -0.05) is 0 Å². The largest absolute Gasteiger partial charge is 0.473 e. The molecule has 0 aromatic carbocycles.